The number of ketones is 2. The van der Waals surface area contributed by atoms with Crippen molar-refractivity contribution < 1.29 is 14.4 Å². The standard InChI is InChI=1S/C26H12BrN3O5/c27-12-9-10-18-17(11-12)26(25(35)28-18)19-20(22(32)14-6-2-1-5-13(14)21(19)31)29-23(33)15-7-3-4-8-16(15)24(34)30(26)29/h1-11H,(H,28,35). The first-order chi connectivity index (χ1) is 16.9. The number of nitrogens with zero attached hydrogens (tertiary/aromatic N) is 2. The van der Waals surface area contributed by atoms with E-state index in [0.717, 1.165) is 9.36 Å². The SMILES string of the molecule is O=C1C2=C(C(=O)c3ccccc31)C1(C(=O)Nc3ccc(Br)cc31)n1c(=O)c3ccccc3c(=O)n12. The zero-order valence-electron chi connectivity index (χ0n) is 17.7. The summed E-state index contributed by atoms with van der Waals surface area (Å²) in [6.45, 7) is 0. The van der Waals surface area contributed by atoms with Gasteiger partial charge in [-0.3, -0.25) is 24.0 Å². The van der Waals surface area contributed by atoms with Gasteiger partial charge in [0.15, 0.2) is 5.78 Å². The van der Waals surface area contributed by atoms with E-state index in [4.69, 9.17) is 0 Å². The molecule has 0 saturated heterocycles. The highest BCUT2D eigenvalue weighted by atomic mass is 79.9. The van der Waals surface area contributed by atoms with Gasteiger partial charge in [-0.2, -0.15) is 0 Å². The summed E-state index contributed by atoms with van der Waals surface area (Å²) in [5.74, 6) is -1.88. The number of hydrogen-bond acceptors (Lipinski definition) is 5. The fourth-order valence-corrected chi connectivity index (χ4v) is 5.86. The number of rotatable bonds is 0. The van der Waals surface area contributed by atoms with Crippen LogP contribution in [0.2, 0.25) is 0 Å². The van der Waals surface area contributed by atoms with Crippen LogP contribution >= 0.6 is 15.9 Å². The molecule has 1 aromatic heterocycles. The second-order valence-electron chi connectivity index (χ2n) is 8.56. The number of carbonyl (C=O) groups excluding carboxylic acids is 3. The van der Waals surface area contributed by atoms with Gasteiger partial charge in [-0.25, -0.2) is 9.36 Å². The van der Waals surface area contributed by atoms with E-state index in [9.17, 15) is 24.0 Å². The molecule has 3 aromatic carbocycles. The molecule has 168 valence electrons. The van der Waals surface area contributed by atoms with E-state index in [1.165, 1.54) is 24.3 Å². The maximum atomic E-state index is 14.0. The average Bonchev–Trinajstić information content (AvgIpc) is 3.35. The number of amides is 1. The molecule has 1 unspecified atom stereocenters. The second kappa shape index (κ2) is 6.39. The smallest absolute Gasteiger partial charge is 0.278 e. The van der Waals surface area contributed by atoms with Gasteiger partial charge in [-0.15, -0.1) is 0 Å². The molecule has 3 heterocycles. The van der Waals surface area contributed by atoms with Gasteiger partial charge in [0.1, 0.15) is 5.70 Å². The summed E-state index contributed by atoms with van der Waals surface area (Å²) in [6.07, 6.45) is 0. The van der Waals surface area contributed by atoms with Crippen LogP contribution in [0.3, 0.4) is 0 Å². The highest BCUT2D eigenvalue weighted by Gasteiger charge is 2.62. The Labute approximate surface area is 204 Å². The third-order valence-electron chi connectivity index (χ3n) is 6.91. The number of fused-ring (bicyclic) bond motifs is 8. The Hall–Kier alpha value is -4.37. The molecule has 4 aromatic rings. The van der Waals surface area contributed by atoms with Gasteiger partial charge < -0.3 is 5.32 Å². The van der Waals surface area contributed by atoms with Crippen LogP contribution in [0.4, 0.5) is 5.69 Å². The minimum atomic E-state index is -2.03. The molecule has 1 atom stereocenters. The second-order valence-corrected chi connectivity index (χ2v) is 9.48. The van der Waals surface area contributed by atoms with Crippen LogP contribution in [0, 0.1) is 0 Å². The van der Waals surface area contributed by atoms with Crippen molar-refractivity contribution in [1.82, 2.24) is 9.36 Å². The quantitative estimate of drug-likeness (QED) is 0.379. The van der Waals surface area contributed by atoms with Crippen molar-refractivity contribution in [2.45, 2.75) is 5.54 Å². The maximum Gasteiger partial charge on any atom is 0.278 e. The van der Waals surface area contributed by atoms with Gasteiger partial charge in [0, 0.05) is 26.9 Å². The molecule has 35 heavy (non-hydrogen) atoms. The largest absolute Gasteiger partial charge is 0.323 e. The lowest BCUT2D eigenvalue weighted by molar-refractivity contribution is -0.120. The molecule has 3 aliphatic rings. The number of Topliss-reactive ketones (excluding diaryl/α,β-unsaturated/α-hetero) is 2. The summed E-state index contributed by atoms with van der Waals surface area (Å²) in [7, 11) is 0. The number of carbonyl (C=O) groups is 3. The molecule has 1 aliphatic carbocycles. The lowest BCUT2D eigenvalue weighted by Crippen LogP contribution is -2.51. The molecular formula is C26H12BrN3O5. The Morgan fingerprint density at radius 2 is 1.37 bits per heavy atom. The van der Waals surface area contributed by atoms with Crippen molar-refractivity contribution in [3.05, 3.63) is 114 Å². The molecule has 7 rings (SSSR count). The third kappa shape index (κ3) is 2.15. The van der Waals surface area contributed by atoms with E-state index in [1.807, 2.05) is 0 Å². The number of anilines is 1. The maximum absolute atomic E-state index is 14.0. The highest BCUT2D eigenvalue weighted by Crippen LogP contribution is 2.51. The molecule has 1 spiro atoms. The van der Waals surface area contributed by atoms with Crippen molar-refractivity contribution in [3.63, 3.8) is 0 Å². The first-order valence-electron chi connectivity index (χ1n) is 10.7. The summed E-state index contributed by atoms with van der Waals surface area (Å²) in [4.78, 5) is 69.4. The Morgan fingerprint density at radius 1 is 0.743 bits per heavy atom. The first-order valence-corrected chi connectivity index (χ1v) is 11.5. The summed E-state index contributed by atoms with van der Waals surface area (Å²) in [6, 6.07) is 17.4. The molecule has 9 heteroatoms. The average molecular weight is 526 g/mol. The molecule has 0 bridgehead atoms. The van der Waals surface area contributed by atoms with E-state index in [0.29, 0.717) is 15.7 Å². The van der Waals surface area contributed by atoms with Crippen LogP contribution in [0.15, 0.2) is 86.4 Å². The summed E-state index contributed by atoms with van der Waals surface area (Å²) in [5.41, 5.74) is -2.93. The van der Waals surface area contributed by atoms with Gasteiger partial charge in [0.05, 0.1) is 16.3 Å². The van der Waals surface area contributed by atoms with Crippen LogP contribution in [0.5, 0.6) is 0 Å². The minimum Gasteiger partial charge on any atom is -0.323 e. The fourth-order valence-electron chi connectivity index (χ4n) is 5.49. The summed E-state index contributed by atoms with van der Waals surface area (Å²) >= 11 is 3.41. The number of benzene rings is 3. The Morgan fingerprint density at radius 3 is 2.09 bits per heavy atom. The zero-order chi connectivity index (χ0) is 24.2. The van der Waals surface area contributed by atoms with Crippen molar-refractivity contribution in [2.75, 3.05) is 5.32 Å². The van der Waals surface area contributed by atoms with Crippen molar-refractivity contribution in [2.24, 2.45) is 0 Å². The molecule has 0 fully saturated rings. The van der Waals surface area contributed by atoms with Crippen LogP contribution < -0.4 is 16.4 Å². The van der Waals surface area contributed by atoms with Gasteiger partial charge in [0.25, 0.3) is 17.0 Å². The third-order valence-corrected chi connectivity index (χ3v) is 7.40. The first kappa shape index (κ1) is 20.0. The van der Waals surface area contributed by atoms with Gasteiger partial charge in [-0.1, -0.05) is 52.3 Å². The molecule has 0 saturated carbocycles. The number of aromatic nitrogens is 2. The number of allylic oxidation sites excluding steroid dienone is 1. The number of nitrogens with one attached hydrogen (secondary N) is 1. The Balaban J connectivity index is 1.76. The van der Waals surface area contributed by atoms with Crippen LogP contribution in [-0.4, -0.2) is 26.8 Å². The molecule has 1 N–H and O–H groups in total. The van der Waals surface area contributed by atoms with E-state index >= 15 is 0 Å². The fraction of sp³-hybridized carbons (Fsp3) is 0.0385. The molecule has 0 radical (unpaired) electrons. The molecule has 8 nitrogen and oxygen atoms in total. The number of halogens is 1. The molecular weight excluding hydrogens is 514 g/mol. The van der Waals surface area contributed by atoms with Crippen LogP contribution in [0.25, 0.3) is 16.5 Å². The lowest BCUT2D eigenvalue weighted by Gasteiger charge is -2.28. The van der Waals surface area contributed by atoms with Gasteiger partial charge in [0.2, 0.25) is 11.3 Å². The van der Waals surface area contributed by atoms with E-state index in [1.54, 1.807) is 42.5 Å². The zero-order valence-corrected chi connectivity index (χ0v) is 19.3. The predicted octanol–water partition coefficient (Wildman–Crippen LogP) is 2.93. The van der Waals surface area contributed by atoms with E-state index < -0.39 is 34.1 Å². The van der Waals surface area contributed by atoms with Gasteiger partial charge in [-0.05, 0) is 30.3 Å². The highest BCUT2D eigenvalue weighted by molar-refractivity contribution is 9.10. The number of hydrogen-bond donors (Lipinski definition) is 1. The summed E-state index contributed by atoms with van der Waals surface area (Å²) < 4.78 is 2.50. The van der Waals surface area contributed by atoms with Crippen molar-refractivity contribution in [3.8, 4) is 0 Å². The van der Waals surface area contributed by atoms with E-state index in [-0.39, 0.29) is 33.2 Å². The minimum absolute atomic E-state index is 0.0848. The Kier molecular flexibility index (Phi) is 3.66. The Bertz CT molecular complexity index is 1900. The topological polar surface area (TPSA) is 107 Å². The lowest BCUT2D eigenvalue weighted by atomic mass is 9.75. The van der Waals surface area contributed by atoms with Crippen LogP contribution in [-0.2, 0) is 10.3 Å². The predicted molar refractivity (Wildman–Crippen MR) is 131 cm³/mol. The monoisotopic (exact) mass is 525 g/mol. The van der Waals surface area contributed by atoms with E-state index in [2.05, 4.69) is 21.2 Å². The van der Waals surface area contributed by atoms with Gasteiger partial charge >= 0.3 is 0 Å². The van der Waals surface area contributed by atoms with Crippen molar-refractivity contribution >= 4 is 55.6 Å². The molecule has 2 aliphatic heterocycles. The van der Waals surface area contributed by atoms with Crippen molar-refractivity contribution in [1.29, 1.82) is 0 Å². The molecule has 1 amide bonds. The summed E-state index contributed by atoms with van der Waals surface area (Å²) in [5, 5.41) is 2.93. The van der Waals surface area contributed by atoms with Crippen LogP contribution in [0.1, 0.15) is 26.3 Å². The normalized spacial score (nSPS) is 19.6.